The summed E-state index contributed by atoms with van der Waals surface area (Å²) in [5.74, 6) is -0.176. The van der Waals surface area contributed by atoms with Gasteiger partial charge < -0.3 is 20.5 Å². The zero-order valence-corrected chi connectivity index (χ0v) is 13.7. The fraction of sp³-hybridized carbons (Fsp3) is 0.533. The van der Waals surface area contributed by atoms with Gasteiger partial charge in [-0.15, -0.1) is 0 Å². The van der Waals surface area contributed by atoms with Gasteiger partial charge in [-0.2, -0.15) is 0 Å². The zero-order valence-electron chi connectivity index (χ0n) is 12.1. The van der Waals surface area contributed by atoms with Gasteiger partial charge in [-0.25, -0.2) is 0 Å². The maximum atomic E-state index is 11.7. The first-order valence-electron chi connectivity index (χ1n) is 7.27. The van der Waals surface area contributed by atoms with Crippen molar-refractivity contribution in [2.75, 3.05) is 26.2 Å². The fourth-order valence-electron chi connectivity index (χ4n) is 2.31. The van der Waals surface area contributed by atoms with E-state index in [0.717, 1.165) is 19.4 Å². The average molecular weight is 347 g/mol. The molecule has 2 atom stereocenters. The molecule has 0 saturated carbocycles. The van der Waals surface area contributed by atoms with Crippen molar-refractivity contribution in [1.29, 1.82) is 0 Å². The number of nitrogens with one attached hydrogen (secondary N) is 2. The van der Waals surface area contributed by atoms with Gasteiger partial charge >= 0.3 is 0 Å². The monoisotopic (exact) mass is 346 g/mol. The topological polar surface area (TPSA) is 70.6 Å². The standard InChI is InChI=1S/C15H20Cl2N2O3/c16-11-4-10(5-12(17)6-11)14(20)8-19-15(21)9-18-7-13-2-1-3-22-13/h4-6,13-14,18,20H,1-3,7-9H2,(H,19,21). The molecule has 0 aliphatic carbocycles. The van der Waals surface area contributed by atoms with E-state index in [0.29, 0.717) is 22.2 Å². The molecule has 1 amide bonds. The van der Waals surface area contributed by atoms with E-state index >= 15 is 0 Å². The Morgan fingerprint density at radius 3 is 2.73 bits per heavy atom. The maximum absolute atomic E-state index is 11.7. The number of ether oxygens (including phenoxy) is 1. The quantitative estimate of drug-likeness (QED) is 0.705. The molecule has 2 unspecified atom stereocenters. The molecule has 1 fully saturated rings. The van der Waals surface area contributed by atoms with Gasteiger partial charge in [0.05, 0.1) is 18.8 Å². The molecular weight excluding hydrogens is 327 g/mol. The van der Waals surface area contributed by atoms with Crippen molar-refractivity contribution in [3.05, 3.63) is 33.8 Å². The smallest absolute Gasteiger partial charge is 0.234 e. The first-order valence-corrected chi connectivity index (χ1v) is 8.03. The van der Waals surface area contributed by atoms with Crippen LogP contribution in [0.25, 0.3) is 0 Å². The van der Waals surface area contributed by atoms with Gasteiger partial charge in [-0.05, 0) is 36.6 Å². The third-order valence-corrected chi connectivity index (χ3v) is 3.88. The van der Waals surface area contributed by atoms with Crippen molar-refractivity contribution in [2.24, 2.45) is 0 Å². The molecule has 1 aliphatic heterocycles. The number of aliphatic hydroxyl groups is 1. The van der Waals surface area contributed by atoms with Gasteiger partial charge in [0.1, 0.15) is 0 Å². The van der Waals surface area contributed by atoms with Crippen LogP contribution in [-0.2, 0) is 9.53 Å². The number of amides is 1. The number of carbonyl (C=O) groups is 1. The number of benzene rings is 1. The van der Waals surface area contributed by atoms with Crippen molar-refractivity contribution < 1.29 is 14.6 Å². The Balaban J connectivity index is 1.68. The Bertz CT molecular complexity index is 487. The van der Waals surface area contributed by atoms with Crippen LogP contribution >= 0.6 is 23.2 Å². The van der Waals surface area contributed by atoms with Crippen molar-refractivity contribution in [3.8, 4) is 0 Å². The van der Waals surface area contributed by atoms with E-state index in [1.807, 2.05) is 0 Å². The molecule has 2 rings (SSSR count). The van der Waals surface area contributed by atoms with Crippen molar-refractivity contribution in [2.45, 2.75) is 25.0 Å². The van der Waals surface area contributed by atoms with Crippen molar-refractivity contribution in [1.82, 2.24) is 10.6 Å². The molecule has 3 N–H and O–H groups in total. The number of carbonyl (C=O) groups excluding carboxylic acids is 1. The molecule has 0 aromatic heterocycles. The van der Waals surface area contributed by atoms with E-state index < -0.39 is 6.10 Å². The van der Waals surface area contributed by atoms with E-state index in [-0.39, 0.29) is 25.1 Å². The summed E-state index contributed by atoms with van der Waals surface area (Å²) in [6, 6.07) is 4.84. The molecule has 0 radical (unpaired) electrons. The van der Waals surface area contributed by atoms with Gasteiger partial charge in [0, 0.05) is 29.7 Å². The number of hydrogen-bond donors (Lipinski definition) is 3. The summed E-state index contributed by atoms with van der Waals surface area (Å²) < 4.78 is 5.45. The predicted octanol–water partition coefficient (Wildman–Crippen LogP) is 1.91. The van der Waals surface area contributed by atoms with Crippen LogP contribution in [0.15, 0.2) is 18.2 Å². The highest BCUT2D eigenvalue weighted by Crippen LogP contribution is 2.23. The molecule has 5 nitrogen and oxygen atoms in total. The van der Waals surface area contributed by atoms with Crippen LogP contribution in [0.4, 0.5) is 0 Å². The minimum absolute atomic E-state index is 0.108. The second-order valence-corrected chi connectivity index (χ2v) is 6.16. The minimum Gasteiger partial charge on any atom is -0.387 e. The Morgan fingerprint density at radius 2 is 2.09 bits per heavy atom. The second kappa shape index (κ2) is 8.70. The van der Waals surface area contributed by atoms with Gasteiger partial charge in [0.25, 0.3) is 0 Å². The average Bonchev–Trinajstić information content (AvgIpc) is 2.97. The first kappa shape index (κ1) is 17.5. The summed E-state index contributed by atoms with van der Waals surface area (Å²) in [5.41, 5.74) is 0.574. The fourth-order valence-corrected chi connectivity index (χ4v) is 2.85. The molecule has 7 heteroatoms. The summed E-state index contributed by atoms with van der Waals surface area (Å²) in [7, 11) is 0. The van der Waals surface area contributed by atoms with Crippen LogP contribution in [0.5, 0.6) is 0 Å². The van der Waals surface area contributed by atoms with Gasteiger partial charge in [-0.1, -0.05) is 23.2 Å². The lowest BCUT2D eigenvalue weighted by Crippen LogP contribution is -2.38. The summed E-state index contributed by atoms with van der Waals surface area (Å²) in [4.78, 5) is 11.7. The normalized spacial score (nSPS) is 19.1. The first-order chi connectivity index (χ1) is 10.5. The van der Waals surface area contributed by atoms with E-state index in [4.69, 9.17) is 27.9 Å². The molecule has 1 heterocycles. The van der Waals surface area contributed by atoms with Crippen LogP contribution in [0, 0.1) is 0 Å². The molecule has 0 spiro atoms. The molecule has 0 bridgehead atoms. The molecular formula is C15H20Cl2N2O3. The van der Waals surface area contributed by atoms with Crippen LogP contribution in [0.3, 0.4) is 0 Å². The SMILES string of the molecule is O=C(CNCC1CCCO1)NCC(O)c1cc(Cl)cc(Cl)c1. The Morgan fingerprint density at radius 1 is 1.36 bits per heavy atom. The zero-order chi connectivity index (χ0) is 15.9. The van der Waals surface area contributed by atoms with E-state index in [1.165, 1.54) is 0 Å². The van der Waals surface area contributed by atoms with Crippen molar-refractivity contribution >= 4 is 29.1 Å². The molecule has 1 aromatic carbocycles. The highest BCUT2D eigenvalue weighted by atomic mass is 35.5. The molecule has 1 aromatic rings. The summed E-state index contributed by atoms with van der Waals surface area (Å²) in [6.45, 7) is 1.77. The number of halogens is 2. The lowest BCUT2D eigenvalue weighted by molar-refractivity contribution is -0.120. The van der Waals surface area contributed by atoms with Crippen LogP contribution in [0.2, 0.25) is 10.0 Å². The largest absolute Gasteiger partial charge is 0.387 e. The van der Waals surface area contributed by atoms with Gasteiger partial charge in [0.15, 0.2) is 0 Å². The van der Waals surface area contributed by atoms with Gasteiger partial charge in [-0.3, -0.25) is 4.79 Å². The Kier molecular flexibility index (Phi) is 6.92. The minimum atomic E-state index is -0.849. The number of rotatable bonds is 7. The summed E-state index contributed by atoms with van der Waals surface area (Å²) >= 11 is 11.8. The van der Waals surface area contributed by atoms with Gasteiger partial charge in [0.2, 0.25) is 5.91 Å². The van der Waals surface area contributed by atoms with Crippen molar-refractivity contribution in [3.63, 3.8) is 0 Å². The summed E-state index contributed by atoms with van der Waals surface area (Å²) in [5, 5.41) is 16.7. The molecule has 22 heavy (non-hydrogen) atoms. The third-order valence-electron chi connectivity index (χ3n) is 3.44. The lowest BCUT2D eigenvalue weighted by Gasteiger charge is -2.14. The number of aliphatic hydroxyl groups excluding tert-OH is 1. The van der Waals surface area contributed by atoms with Crippen LogP contribution in [-0.4, -0.2) is 43.4 Å². The maximum Gasteiger partial charge on any atom is 0.234 e. The molecule has 1 saturated heterocycles. The highest BCUT2D eigenvalue weighted by molar-refractivity contribution is 6.34. The third kappa shape index (κ3) is 5.74. The predicted molar refractivity (Wildman–Crippen MR) is 86.3 cm³/mol. The molecule has 122 valence electrons. The highest BCUT2D eigenvalue weighted by Gasteiger charge is 2.15. The summed E-state index contributed by atoms with van der Waals surface area (Å²) in [6.07, 6.45) is 1.46. The van der Waals surface area contributed by atoms with E-state index in [2.05, 4.69) is 10.6 Å². The van der Waals surface area contributed by atoms with E-state index in [9.17, 15) is 9.90 Å². The number of hydrogen-bond acceptors (Lipinski definition) is 4. The Labute approximate surface area is 139 Å². The van der Waals surface area contributed by atoms with Crippen LogP contribution in [0.1, 0.15) is 24.5 Å². The lowest BCUT2D eigenvalue weighted by atomic mass is 10.1. The molecule has 1 aliphatic rings. The van der Waals surface area contributed by atoms with E-state index in [1.54, 1.807) is 18.2 Å². The van der Waals surface area contributed by atoms with Crippen LogP contribution < -0.4 is 10.6 Å². The second-order valence-electron chi connectivity index (χ2n) is 5.29. The Hall–Kier alpha value is -0.850.